The predicted octanol–water partition coefficient (Wildman–Crippen LogP) is 4.79. The summed E-state index contributed by atoms with van der Waals surface area (Å²) in [7, 11) is 0. The molecule has 0 spiro atoms. The summed E-state index contributed by atoms with van der Waals surface area (Å²) in [6, 6.07) is 19.7. The number of hydrogen-bond donors (Lipinski definition) is 2. The van der Waals surface area contributed by atoms with Gasteiger partial charge in [-0.15, -0.1) is 0 Å². The molecular formula is C21H19FO2. The molecule has 3 aromatic rings. The number of aliphatic hydroxyl groups is 1. The van der Waals surface area contributed by atoms with E-state index in [0.29, 0.717) is 5.56 Å². The van der Waals surface area contributed by atoms with Crippen LogP contribution in [0.3, 0.4) is 0 Å². The summed E-state index contributed by atoms with van der Waals surface area (Å²) in [5, 5.41) is 18.2. The molecule has 0 atom stereocenters. The van der Waals surface area contributed by atoms with Gasteiger partial charge in [0, 0.05) is 12.2 Å². The van der Waals surface area contributed by atoms with Crippen LogP contribution in [-0.4, -0.2) is 16.8 Å². The van der Waals surface area contributed by atoms with Crippen LogP contribution >= 0.6 is 0 Å². The molecule has 0 aliphatic rings. The Bertz CT molecular complexity index is 808. The van der Waals surface area contributed by atoms with Crippen molar-refractivity contribution in [2.75, 3.05) is 6.61 Å². The van der Waals surface area contributed by atoms with E-state index in [2.05, 4.69) is 0 Å². The van der Waals surface area contributed by atoms with Crippen molar-refractivity contribution in [3.05, 3.63) is 78.1 Å². The Kier molecular flexibility index (Phi) is 4.92. The Labute approximate surface area is 140 Å². The van der Waals surface area contributed by atoms with E-state index in [1.165, 1.54) is 6.07 Å². The van der Waals surface area contributed by atoms with E-state index in [9.17, 15) is 9.50 Å². The fraction of sp³-hybridized carbons (Fsp3) is 0.143. The lowest BCUT2D eigenvalue weighted by atomic mass is 9.98. The van der Waals surface area contributed by atoms with Crippen LogP contribution in [0.4, 0.5) is 4.39 Å². The Morgan fingerprint density at radius 3 is 2.00 bits per heavy atom. The average molecular weight is 322 g/mol. The van der Waals surface area contributed by atoms with Crippen LogP contribution in [0.15, 0.2) is 66.7 Å². The van der Waals surface area contributed by atoms with Gasteiger partial charge in [-0.3, -0.25) is 0 Å². The second-order valence-corrected chi connectivity index (χ2v) is 5.77. The smallest absolute Gasteiger partial charge is 0.131 e. The minimum Gasteiger partial charge on any atom is -0.508 e. The van der Waals surface area contributed by atoms with Crippen molar-refractivity contribution in [3.63, 3.8) is 0 Å². The highest BCUT2D eigenvalue weighted by Crippen LogP contribution is 2.29. The number of aromatic hydroxyl groups is 1. The molecule has 0 aliphatic heterocycles. The molecule has 0 heterocycles. The first-order valence-electron chi connectivity index (χ1n) is 7.96. The van der Waals surface area contributed by atoms with Crippen molar-refractivity contribution >= 4 is 0 Å². The van der Waals surface area contributed by atoms with Crippen molar-refractivity contribution in [2.45, 2.75) is 12.8 Å². The maximum Gasteiger partial charge on any atom is 0.131 e. The lowest BCUT2D eigenvalue weighted by Crippen LogP contribution is -1.90. The van der Waals surface area contributed by atoms with Gasteiger partial charge in [-0.1, -0.05) is 48.5 Å². The van der Waals surface area contributed by atoms with Crippen LogP contribution in [0, 0.1) is 5.82 Å². The van der Waals surface area contributed by atoms with Gasteiger partial charge in [0.05, 0.1) is 0 Å². The maximum absolute atomic E-state index is 14.5. The van der Waals surface area contributed by atoms with Gasteiger partial charge in [0.1, 0.15) is 11.6 Å². The van der Waals surface area contributed by atoms with E-state index < -0.39 is 0 Å². The first-order chi connectivity index (χ1) is 11.7. The van der Waals surface area contributed by atoms with E-state index in [1.54, 1.807) is 30.3 Å². The molecular weight excluding hydrogens is 303 g/mol. The van der Waals surface area contributed by atoms with Gasteiger partial charge in [0.25, 0.3) is 0 Å². The molecule has 2 nitrogen and oxygen atoms in total. The zero-order valence-corrected chi connectivity index (χ0v) is 13.2. The molecule has 0 bridgehead atoms. The van der Waals surface area contributed by atoms with Crippen molar-refractivity contribution in [3.8, 4) is 28.0 Å². The number of benzene rings is 3. The quantitative estimate of drug-likeness (QED) is 0.709. The number of rotatable bonds is 5. The third-order valence-corrected chi connectivity index (χ3v) is 4.06. The molecule has 0 radical (unpaired) electrons. The summed E-state index contributed by atoms with van der Waals surface area (Å²) in [5.74, 6) is -0.125. The van der Waals surface area contributed by atoms with Gasteiger partial charge < -0.3 is 10.2 Å². The van der Waals surface area contributed by atoms with Crippen molar-refractivity contribution in [1.29, 1.82) is 0 Å². The van der Waals surface area contributed by atoms with E-state index in [0.717, 1.165) is 35.1 Å². The lowest BCUT2D eigenvalue weighted by Gasteiger charge is -2.08. The molecule has 0 saturated carbocycles. The second kappa shape index (κ2) is 7.28. The van der Waals surface area contributed by atoms with Crippen LogP contribution in [0.5, 0.6) is 5.75 Å². The molecule has 2 N–H and O–H groups in total. The fourth-order valence-corrected chi connectivity index (χ4v) is 2.72. The molecule has 0 saturated heterocycles. The highest BCUT2D eigenvalue weighted by atomic mass is 19.1. The predicted molar refractivity (Wildman–Crippen MR) is 94.3 cm³/mol. The SMILES string of the molecule is OCCCc1ccc(-c2ccc(-c3ccc(O)cc3)c(F)c2)cc1. The molecule has 0 fully saturated rings. The van der Waals surface area contributed by atoms with E-state index in [-0.39, 0.29) is 18.2 Å². The summed E-state index contributed by atoms with van der Waals surface area (Å²) in [6.07, 6.45) is 1.58. The zero-order valence-electron chi connectivity index (χ0n) is 13.2. The number of phenolic OH excluding ortho intramolecular Hbond substituents is 1. The van der Waals surface area contributed by atoms with E-state index >= 15 is 0 Å². The van der Waals surface area contributed by atoms with Gasteiger partial charge in [0.15, 0.2) is 0 Å². The lowest BCUT2D eigenvalue weighted by molar-refractivity contribution is 0.288. The Morgan fingerprint density at radius 1 is 0.750 bits per heavy atom. The Balaban J connectivity index is 1.85. The summed E-state index contributed by atoms with van der Waals surface area (Å²) < 4.78 is 14.5. The molecule has 0 aromatic heterocycles. The van der Waals surface area contributed by atoms with E-state index in [1.807, 2.05) is 30.3 Å². The van der Waals surface area contributed by atoms with Gasteiger partial charge in [-0.25, -0.2) is 4.39 Å². The number of phenols is 1. The highest BCUT2D eigenvalue weighted by Gasteiger charge is 2.08. The number of halogens is 1. The Hall–Kier alpha value is -2.65. The fourth-order valence-electron chi connectivity index (χ4n) is 2.72. The van der Waals surface area contributed by atoms with Crippen LogP contribution in [0.1, 0.15) is 12.0 Å². The molecule has 3 aromatic carbocycles. The second-order valence-electron chi connectivity index (χ2n) is 5.77. The summed E-state index contributed by atoms with van der Waals surface area (Å²) in [5.41, 5.74) is 4.19. The van der Waals surface area contributed by atoms with Crippen molar-refractivity contribution in [2.24, 2.45) is 0 Å². The molecule has 0 aliphatic carbocycles. The number of aryl methyl sites for hydroxylation is 1. The van der Waals surface area contributed by atoms with Crippen LogP contribution in [0.25, 0.3) is 22.3 Å². The van der Waals surface area contributed by atoms with Crippen molar-refractivity contribution < 1.29 is 14.6 Å². The van der Waals surface area contributed by atoms with Crippen LogP contribution in [-0.2, 0) is 6.42 Å². The summed E-state index contributed by atoms with van der Waals surface area (Å²) >= 11 is 0. The third-order valence-electron chi connectivity index (χ3n) is 4.06. The van der Waals surface area contributed by atoms with Crippen molar-refractivity contribution in [1.82, 2.24) is 0 Å². The molecule has 122 valence electrons. The Morgan fingerprint density at radius 2 is 1.38 bits per heavy atom. The van der Waals surface area contributed by atoms with Crippen LogP contribution < -0.4 is 0 Å². The number of aliphatic hydroxyl groups excluding tert-OH is 1. The minimum atomic E-state index is -0.289. The minimum absolute atomic E-state index is 0.164. The molecule has 0 unspecified atom stereocenters. The molecule has 24 heavy (non-hydrogen) atoms. The van der Waals surface area contributed by atoms with E-state index in [4.69, 9.17) is 5.11 Å². The highest BCUT2D eigenvalue weighted by molar-refractivity contribution is 5.71. The monoisotopic (exact) mass is 322 g/mol. The van der Waals surface area contributed by atoms with Gasteiger partial charge in [0.2, 0.25) is 0 Å². The van der Waals surface area contributed by atoms with Gasteiger partial charge >= 0.3 is 0 Å². The molecule has 3 rings (SSSR count). The normalized spacial score (nSPS) is 10.8. The summed E-state index contributed by atoms with van der Waals surface area (Å²) in [6.45, 7) is 0.186. The standard InChI is InChI=1S/C21H19FO2/c22-21-14-18(16-5-3-15(4-6-16)2-1-13-23)9-12-20(21)17-7-10-19(24)11-8-17/h3-12,14,23-24H,1-2,13H2. The average Bonchev–Trinajstić information content (AvgIpc) is 2.61. The first kappa shape index (κ1) is 16.2. The molecule has 0 amide bonds. The topological polar surface area (TPSA) is 40.5 Å². The van der Waals surface area contributed by atoms with Gasteiger partial charge in [-0.2, -0.15) is 0 Å². The zero-order chi connectivity index (χ0) is 16.9. The first-order valence-corrected chi connectivity index (χ1v) is 7.96. The van der Waals surface area contributed by atoms with Crippen LogP contribution in [0.2, 0.25) is 0 Å². The largest absolute Gasteiger partial charge is 0.508 e. The number of hydrogen-bond acceptors (Lipinski definition) is 2. The maximum atomic E-state index is 14.5. The third kappa shape index (κ3) is 3.63. The summed E-state index contributed by atoms with van der Waals surface area (Å²) in [4.78, 5) is 0. The molecule has 3 heteroatoms. The van der Waals surface area contributed by atoms with Gasteiger partial charge in [-0.05, 0) is 53.3 Å².